The number of H-pyrrole nitrogens is 1. The molecular weight excluding hydrogens is 315 g/mol. The summed E-state index contributed by atoms with van der Waals surface area (Å²) in [4.78, 5) is 24.5. The summed E-state index contributed by atoms with van der Waals surface area (Å²) in [6.07, 6.45) is 0.946. The monoisotopic (exact) mass is 323 g/mol. The van der Waals surface area contributed by atoms with Crippen LogP contribution in [-0.4, -0.2) is 23.0 Å². The zero-order chi connectivity index (χ0) is 15.9. The molecule has 0 amide bonds. The molecule has 0 aliphatic rings. The quantitative estimate of drug-likeness (QED) is 0.447. The molecule has 22 heavy (non-hydrogen) atoms. The van der Waals surface area contributed by atoms with E-state index < -0.39 is 23.8 Å². The molecule has 0 aliphatic heterocycles. The van der Waals surface area contributed by atoms with E-state index in [1.54, 1.807) is 17.6 Å². The molecule has 0 atom stereocenters. The molecule has 1 aromatic carbocycles. The second-order valence-corrected chi connectivity index (χ2v) is 5.57. The lowest BCUT2D eigenvalue weighted by molar-refractivity contribution is -0.123. The molecule has 2 heterocycles. The molecule has 112 valence electrons. The molecule has 0 spiro atoms. The van der Waals surface area contributed by atoms with Gasteiger partial charge in [0.05, 0.1) is 4.88 Å². The number of aromatic amines is 1. The highest BCUT2D eigenvalue weighted by molar-refractivity contribution is 7.12. The number of benzene rings is 1. The zero-order valence-corrected chi connectivity index (χ0v) is 11.7. The molecule has 3 rings (SSSR count). The first kappa shape index (κ1) is 14.5. The predicted molar refractivity (Wildman–Crippen MR) is 76.9 cm³/mol. The summed E-state index contributed by atoms with van der Waals surface area (Å²) >= 11 is 0.833. The van der Waals surface area contributed by atoms with Gasteiger partial charge in [0, 0.05) is 22.7 Å². The zero-order valence-electron chi connectivity index (χ0n) is 10.9. The van der Waals surface area contributed by atoms with Gasteiger partial charge < -0.3 is 4.98 Å². The first-order chi connectivity index (χ1) is 10.4. The van der Waals surface area contributed by atoms with Gasteiger partial charge in [-0.1, -0.05) is 0 Å². The molecule has 2 aromatic heterocycles. The summed E-state index contributed by atoms with van der Waals surface area (Å²) in [6, 6.07) is 5.47. The SMILES string of the molecule is O=CC(F)(F)C(=O)c1cc(-c2c[nH]c3cc(F)ccc23)cs1. The van der Waals surface area contributed by atoms with Crippen molar-refractivity contribution in [1.82, 2.24) is 4.98 Å². The Hall–Kier alpha value is -2.41. The van der Waals surface area contributed by atoms with Crippen LogP contribution in [0, 0.1) is 5.82 Å². The maximum Gasteiger partial charge on any atom is 0.364 e. The third-order valence-corrected chi connectivity index (χ3v) is 4.16. The van der Waals surface area contributed by atoms with Crippen molar-refractivity contribution < 1.29 is 22.8 Å². The fourth-order valence-electron chi connectivity index (χ4n) is 2.15. The molecular formula is C15H8F3NO2S. The second kappa shape index (κ2) is 5.10. The Morgan fingerprint density at radius 2 is 2.05 bits per heavy atom. The topological polar surface area (TPSA) is 49.9 Å². The average Bonchev–Trinajstić information content (AvgIpc) is 3.11. The highest BCUT2D eigenvalue weighted by atomic mass is 32.1. The van der Waals surface area contributed by atoms with Gasteiger partial charge >= 0.3 is 5.92 Å². The van der Waals surface area contributed by atoms with E-state index in [0.29, 0.717) is 22.0 Å². The fourth-order valence-corrected chi connectivity index (χ4v) is 3.04. The van der Waals surface area contributed by atoms with Gasteiger partial charge in [0.1, 0.15) is 5.82 Å². The number of rotatable bonds is 4. The van der Waals surface area contributed by atoms with E-state index in [9.17, 15) is 22.8 Å². The van der Waals surface area contributed by atoms with Crippen LogP contribution in [0.5, 0.6) is 0 Å². The van der Waals surface area contributed by atoms with Crippen LogP contribution < -0.4 is 0 Å². The number of hydrogen-bond donors (Lipinski definition) is 1. The van der Waals surface area contributed by atoms with Crippen molar-refractivity contribution in [2.24, 2.45) is 0 Å². The molecule has 0 unspecified atom stereocenters. The van der Waals surface area contributed by atoms with Gasteiger partial charge in [0.2, 0.25) is 5.78 Å². The molecule has 1 N–H and O–H groups in total. The summed E-state index contributed by atoms with van der Waals surface area (Å²) in [5, 5.41) is 2.25. The largest absolute Gasteiger partial charge is 0.364 e. The Morgan fingerprint density at radius 3 is 2.77 bits per heavy atom. The Labute approximate surface area is 126 Å². The van der Waals surface area contributed by atoms with Crippen LogP contribution >= 0.6 is 11.3 Å². The first-order valence-corrected chi connectivity index (χ1v) is 7.05. The minimum atomic E-state index is -4.02. The van der Waals surface area contributed by atoms with Gasteiger partial charge in [-0.25, -0.2) is 4.39 Å². The van der Waals surface area contributed by atoms with Crippen LogP contribution in [-0.2, 0) is 4.79 Å². The lowest BCUT2D eigenvalue weighted by Crippen LogP contribution is -2.29. The number of nitrogens with one attached hydrogen (secondary N) is 1. The van der Waals surface area contributed by atoms with Gasteiger partial charge in [-0.05, 0) is 35.2 Å². The number of carbonyl (C=O) groups excluding carboxylic acids is 2. The van der Waals surface area contributed by atoms with Crippen molar-refractivity contribution in [2.45, 2.75) is 5.92 Å². The maximum absolute atomic E-state index is 13.1. The number of hydrogen-bond acceptors (Lipinski definition) is 3. The minimum absolute atomic E-state index is 0.205. The van der Waals surface area contributed by atoms with Crippen molar-refractivity contribution >= 4 is 34.3 Å². The number of fused-ring (bicyclic) bond motifs is 1. The van der Waals surface area contributed by atoms with Crippen molar-refractivity contribution in [3.63, 3.8) is 0 Å². The summed E-state index contributed by atoms with van der Waals surface area (Å²) in [7, 11) is 0. The standard InChI is InChI=1S/C15H8F3NO2S/c16-9-1-2-10-11(5-19-12(10)4-9)8-3-13(22-6-8)14(21)15(17,18)7-20/h1-7,19H. The lowest BCUT2D eigenvalue weighted by atomic mass is 10.1. The first-order valence-electron chi connectivity index (χ1n) is 6.17. The Bertz CT molecular complexity index is 882. The maximum atomic E-state index is 13.1. The molecule has 0 saturated carbocycles. The summed E-state index contributed by atoms with van der Waals surface area (Å²) in [6.45, 7) is 0. The average molecular weight is 323 g/mol. The van der Waals surface area contributed by atoms with E-state index >= 15 is 0 Å². The molecule has 0 radical (unpaired) electrons. The Kier molecular flexibility index (Phi) is 3.37. The Morgan fingerprint density at radius 1 is 1.27 bits per heavy atom. The van der Waals surface area contributed by atoms with Crippen LogP contribution in [0.25, 0.3) is 22.0 Å². The second-order valence-electron chi connectivity index (χ2n) is 4.66. The highest BCUT2D eigenvalue weighted by Gasteiger charge is 2.39. The third-order valence-electron chi connectivity index (χ3n) is 3.23. The van der Waals surface area contributed by atoms with Gasteiger partial charge in [0.25, 0.3) is 0 Å². The van der Waals surface area contributed by atoms with E-state index in [1.807, 2.05) is 0 Å². The van der Waals surface area contributed by atoms with Crippen LogP contribution in [0.3, 0.4) is 0 Å². The molecule has 0 aliphatic carbocycles. The van der Waals surface area contributed by atoms with Crippen molar-refractivity contribution in [1.29, 1.82) is 0 Å². The predicted octanol–water partition coefficient (Wildman–Crippen LogP) is 4.05. The number of thiophene rings is 1. The number of halogens is 3. The van der Waals surface area contributed by atoms with E-state index in [4.69, 9.17) is 0 Å². The smallest absolute Gasteiger partial charge is 0.360 e. The van der Waals surface area contributed by atoms with E-state index in [0.717, 1.165) is 11.3 Å². The summed E-state index contributed by atoms with van der Waals surface area (Å²) in [5.74, 6) is -5.94. The molecule has 3 aromatic rings. The summed E-state index contributed by atoms with van der Waals surface area (Å²) in [5.41, 5.74) is 1.78. The van der Waals surface area contributed by atoms with Gasteiger partial charge in [-0.15, -0.1) is 11.3 Å². The van der Waals surface area contributed by atoms with E-state index in [-0.39, 0.29) is 4.88 Å². The van der Waals surface area contributed by atoms with Crippen molar-refractivity contribution in [3.05, 3.63) is 46.5 Å². The number of ketones is 1. The number of Topliss-reactive ketones (excluding diaryl/α,β-unsaturated/α-hetero) is 1. The Balaban J connectivity index is 2.03. The van der Waals surface area contributed by atoms with Gasteiger partial charge in [0.15, 0.2) is 6.29 Å². The molecule has 3 nitrogen and oxygen atoms in total. The number of carbonyl (C=O) groups is 2. The molecule has 0 bridgehead atoms. The number of alkyl halides is 2. The normalized spacial score (nSPS) is 11.8. The van der Waals surface area contributed by atoms with Crippen LogP contribution in [0.4, 0.5) is 13.2 Å². The number of aromatic nitrogens is 1. The lowest BCUT2D eigenvalue weighted by Gasteiger charge is -2.04. The van der Waals surface area contributed by atoms with Crippen LogP contribution in [0.1, 0.15) is 9.67 Å². The fraction of sp³-hybridized carbons (Fsp3) is 0.0667. The van der Waals surface area contributed by atoms with E-state index in [2.05, 4.69) is 4.98 Å². The van der Waals surface area contributed by atoms with Crippen molar-refractivity contribution in [3.8, 4) is 11.1 Å². The van der Waals surface area contributed by atoms with Crippen LogP contribution in [0.15, 0.2) is 35.8 Å². The van der Waals surface area contributed by atoms with E-state index in [1.165, 1.54) is 18.2 Å². The minimum Gasteiger partial charge on any atom is -0.360 e. The number of aldehydes is 1. The van der Waals surface area contributed by atoms with Crippen LogP contribution in [0.2, 0.25) is 0 Å². The molecule has 7 heteroatoms. The third kappa shape index (κ3) is 2.33. The highest BCUT2D eigenvalue weighted by Crippen LogP contribution is 2.33. The van der Waals surface area contributed by atoms with Crippen molar-refractivity contribution in [2.75, 3.05) is 0 Å². The molecule has 0 fully saturated rings. The van der Waals surface area contributed by atoms with Gasteiger partial charge in [-0.2, -0.15) is 8.78 Å². The molecule has 0 saturated heterocycles. The summed E-state index contributed by atoms with van der Waals surface area (Å²) < 4.78 is 39.4. The van der Waals surface area contributed by atoms with Gasteiger partial charge in [-0.3, -0.25) is 9.59 Å².